The predicted octanol–water partition coefficient (Wildman–Crippen LogP) is -2.01. The molecule has 2 rings (SSSR count). The van der Waals surface area contributed by atoms with E-state index in [-0.39, 0.29) is 5.82 Å². The molecule has 2 heterocycles. The molecule has 0 saturated carbocycles. The van der Waals surface area contributed by atoms with Crippen LogP contribution >= 0.6 is 0 Å². The summed E-state index contributed by atoms with van der Waals surface area (Å²) in [5.41, 5.74) is 0. The lowest BCUT2D eigenvalue weighted by molar-refractivity contribution is -0.233. The molecule has 0 aliphatic carbocycles. The van der Waals surface area contributed by atoms with Gasteiger partial charge in [-0.2, -0.15) is 0 Å². The smallest absolute Gasteiger partial charge is 0.159 e. The highest BCUT2D eigenvalue weighted by molar-refractivity contribution is 5.02. The summed E-state index contributed by atoms with van der Waals surface area (Å²) in [6, 6.07) is 1.60. The Labute approximate surface area is 97.3 Å². The van der Waals surface area contributed by atoms with Crippen LogP contribution in [0.4, 0.5) is 0 Å². The highest BCUT2D eigenvalue weighted by Crippen LogP contribution is 2.30. The number of aliphatic hydroxyl groups is 4. The summed E-state index contributed by atoms with van der Waals surface area (Å²) < 4.78 is 5.28. The summed E-state index contributed by atoms with van der Waals surface area (Å²) in [5.74, 6) is 0.199. The minimum Gasteiger partial charge on any atom is -0.394 e. The summed E-state index contributed by atoms with van der Waals surface area (Å²) in [4.78, 5) is 7.82. The Morgan fingerprint density at radius 1 is 1.06 bits per heavy atom. The van der Waals surface area contributed by atoms with E-state index in [0.29, 0.717) is 0 Å². The van der Waals surface area contributed by atoms with Gasteiger partial charge in [0.15, 0.2) is 5.82 Å². The van der Waals surface area contributed by atoms with Crippen LogP contribution in [-0.2, 0) is 4.74 Å². The van der Waals surface area contributed by atoms with E-state index in [4.69, 9.17) is 9.84 Å². The number of ether oxygens (including phenoxy) is 1. The van der Waals surface area contributed by atoms with Gasteiger partial charge in [0, 0.05) is 12.4 Å². The Balaban J connectivity index is 2.23. The molecule has 0 radical (unpaired) electrons. The molecule has 0 amide bonds. The lowest BCUT2D eigenvalue weighted by Gasteiger charge is -2.39. The SMILES string of the molecule is OC[C@H]1OC(c2ncccn2)[C@H](O)[C@@H](O)[C@@H]1O. The Hall–Kier alpha value is -1.12. The first kappa shape index (κ1) is 12.3. The minimum atomic E-state index is -1.41. The van der Waals surface area contributed by atoms with Crippen molar-refractivity contribution in [3.8, 4) is 0 Å². The molecule has 1 aromatic heterocycles. The van der Waals surface area contributed by atoms with Gasteiger partial charge in [-0.1, -0.05) is 0 Å². The molecule has 1 fully saturated rings. The van der Waals surface area contributed by atoms with Gasteiger partial charge in [-0.25, -0.2) is 9.97 Å². The van der Waals surface area contributed by atoms with Crippen molar-refractivity contribution in [2.24, 2.45) is 0 Å². The van der Waals surface area contributed by atoms with E-state index in [1.165, 1.54) is 12.4 Å². The Kier molecular flexibility index (Phi) is 3.65. The fraction of sp³-hybridized carbons (Fsp3) is 0.600. The summed E-state index contributed by atoms with van der Waals surface area (Å²) in [6.45, 7) is -0.464. The van der Waals surface area contributed by atoms with E-state index in [1.54, 1.807) is 6.07 Å². The molecule has 1 unspecified atom stereocenters. The Morgan fingerprint density at radius 2 is 1.71 bits per heavy atom. The Morgan fingerprint density at radius 3 is 2.29 bits per heavy atom. The molecule has 94 valence electrons. The molecule has 17 heavy (non-hydrogen) atoms. The maximum atomic E-state index is 9.78. The molecule has 1 saturated heterocycles. The first-order valence-corrected chi connectivity index (χ1v) is 5.22. The van der Waals surface area contributed by atoms with Crippen molar-refractivity contribution in [3.63, 3.8) is 0 Å². The van der Waals surface area contributed by atoms with Gasteiger partial charge in [-0.3, -0.25) is 0 Å². The normalized spacial score (nSPS) is 38.0. The van der Waals surface area contributed by atoms with E-state index >= 15 is 0 Å². The van der Waals surface area contributed by atoms with Crippen LogP contribution in [0.3, 0.4) is 0 Å². The zero-order valence-electron chi connectivity index (χ0n) is 8.92. The van der Waals surface area contributed by atoms with Crippen LogP contribution in [-0.4, -0.2) is 61.4 Å². The minimum absolute atomic E-state index is 0.199. The second kappa shape index (κ2) is 5.03. The molecule has 4 N–H and O–H groups in total. The van der Waals surface area contributed by atoms with Crippen LogP contribution in [0.1, 0.15) is 11.9 Å². The fourth-order valence-corrected chi connectivity index (χ4v) is 1.77. The Bertz CT molecular complexity index is 361. The third kappa shape index (κ3) is 2.28. The molecule has 1 aromatic rings. The topological polar surface area (TPSA) is 116 Å². The average Bonchev–Trinajstić information content (AvgIpc) is 2.37. The molecule has 7 nitrogen and oxygen atoms in total. The zero-order valence-corrected chi connectivity index (χ0v) is 8.92. The number of hydrogen-bond donors (Lipinski definition) is 4. The highest BCUT2D eigenvalue weighted by Gasteiger charge is 2.44. The van der Waals surface area contributed by atoms with Crippen molar-refractivity contribution in [2.45, 2.75) is 30.5 Å². The van der Waals surface area contributed by atoms with E-state index in [0.717, 1.165) is 0 Å². The van der Waals surface area contributed by atoms with Crippen molar-refractivity contribution in [2.75, 3.05) is 6.61 Å². The monoisotopic (exact) mass is 242 g/mol. The van der Waals surface area contributed by atoms with Crippen molar-refractivity contribution in [3.05, 3.63) is 24.3 Å². The molecule has 0 aromatic carbocycles. The second-order valence-corrected chi connectivity index (χ2v) is 3.86. The maximum Gasteiger partial charge on any atom is 0.159 e. The first-order valence-electron chi connectivity index (χ1n) is 5.22. The third-order valence-corrected chi connectivity index (χ3v) is 2.73. The predicted molar refractivity (Wildman–Crippen MR) is 54.8 cm³/mol. The summed E-state index contributed by atoms with van der Waals surface area (Å²) in [7, 11) is 0. The molecular formula is C10H14N2O5. The highest BCUT2D eigenvalue weighted by atomic mass is 16.5. The van der Waals surface area contributed by atoms with E-state index in [1.807, 2.05) is 0 Å². The zero-order chi connectivity index (χ0) is 12.4. The first-order chi connectivity index (χ1) is 8.15. The van der Waals surface area contributed by atoms with Crippen molar-refractivity contribution in [1.82, 2.24) is 9.97 Å². The summed E-state index contributed by atoms with van der Waals surface area (Å²) in [5, 5.41) is 38.0. The second-order valence-electron chi connectivity index (χ2n) is 3.86. The fourth-order valence-electron chi connectivity index (χ4n) is 1.77. The molecule has 7 heteroatoms. The van der Waals surface area contributed by atoms with Crippen LogP contribution < -0.4 is 0 Å². The van der Waals surface area contributed by atoms with Gasteiger partial charge in [0.25, 0.3) is 0 Å². The van der Waals surface area contributed by atoms with Gasteiger partial charge in [0.2, 0.25) is 0 Å². The molecule has 1 aliphatic rings. The van der Waals surface area contributed by atoms with Gasteiger partial charge in [0.05, 0.1) is 6.61 Å². The quantitative estimate of drug-likeness (QED) is 0.473. The molecular weight excluding hydrogens is 228 g/mol. The summed E-state index contributed by atoms with van der Waals surface area (Å²) >= 11 is 0. The summed E-state index contributed by atoms with van der Waals surface area (Å²) in [6.07, 6.45) is -3.07. The molecule has 1 aliphatic heterocycles. The number of aromatic nitrogens is 2. The standard InChI is InChI=1S/C10H14N2O5/c13-4-5-6(14)7(15)8(16)9(17-5)10-11-2-1-3-12-10/h1-3,5-9,13-16H,4H2/t5-,6-,7+,8-,9?/m1/s1. The van der Waals surface area contributed by atoms with Crippen molar-refractivity contribution in [1.29, 1.82) is 0 Å². The van der Waals surface area contributed by atoms with Gasteiger partial charge in [0.1, 0.15) is 30.5 Å². The van der Waals surface area contributed by atoms with Gasteiger partial charge in [-0.05, 0) is 6.07 Å². The number of rotatable bonds is 2. The number of hydrogen-bond acceptors (Lipinski definition) is 7. The van der Waals surface area contributed by atoms with Crippen LogP contribution in [0.2, 0.25) is 0 Å². The van der Waals surface area contributed by atoms with Crippen LogP contribution in [0, 0.1) is 0 Å². The van der Waals surface area contributed by atoms with Crippen LogP contribution in [0.25, 0.3) is 0 Å². The molecule has 5 atom stereocenters. The number of aliphatic hydroxyl groups excluding tert-OH is 4. The largest absolute Gasteiger partial charge is 0.394 e. The third-order valence-electron chi connectivity index (χ3n) is 2.73. The van der Waals surface area contributed by atoms with Crippen molar-refractivity contribution < 1.29 is 25.2 Å². The van der Waals surface area contributed by atoms with Crippen LogP contribution in [0.5, 0.6) is 0 Å². The van der Waals surface area contributed by atoms with E-state index in [9.17, 15) is 15.3 Å². The van der Waals surface area contributed by atoms with Gasteiger partial charge >= 0.3 is 0 Å². The number of nitrogens with zero attached hydrogens (tertiary/aromatic N) is 2. The lowest BCUT2D eigenvalue weighted by Crippen LogP contribution is -2.55. The van der Waals surface area contributed by atoms with Gasteiger partial charge in [-0.15, -0.1) is 0 Å². The molecule has 0 spiro atoms. The maximum absolute atomic E-state index is 9.78. The van der Waals surface area contributed by atoms with Gasteiger partial charge < -0.3 is 25.2 Å². The van der Waals surface area contributed by atoms with Crippen LogP contribution in [0.15, 0.2) is 18.5 Å². The van der Waals surface area contributed by atoms with Crippen molar-refractivity contribution >= 4 is 0 Å². The van der Waals surface area contributed by atoms with E-state index in [2.05, 4.69) is 9.97 Å². The average molecular weight is 242 g/mol. The van der Waals surface area contributed by atoms with E-state index < -0.39 is 37.1 Å². The lowest BCUT2D eigenvalue weighted by atomic mass is 9.95. The molecule has 0 bridgehead atoms.